The number of hydrogen-bond donors (Lipinski definition) is 1. The topological polar surface area (TPSA) is 96.0 Å². The van der Waals surface area contributed by atoms with Crippen molar-refractivity contribution in [3.05, 3.63) is 95.8 Å². The Hall–Kier alpha value is -3.92. The summed E-state index contributed by atoms with van der Waals surface area (Å²) in [5.41, 5.74) is 1.96. The van der Waals surface area contributed by atoms with Crippen LogP contribution in [0.2, 0.25) is 0 Å². The minimum absolute atomic E-state index is 0.00802. The van der Waals surface area contributed by atoms with Crippen LogP contribution in [0, 0.1) is 5.82 Å². The summed E-state index contributed by atoms with van der Waals surface area (Å²) < 4.78 is 46.2. The third kappa shape index (κ3) is 10.1. The van der Waals surface area contributed by atoms with Crippen molar-refractivity contribution < 1.29 is 27.1 Å². The summed E-state index contributed by atoms with van der Waals surface area (Å²) in [6.45, 7) is 6.19. The average molecular weight is 612 g/mol. The summed E-state index contributed by atoms with van der Waals surface area (Å²) >= 11 is 0. The Bertz CT molecular complexity index is 1430. The second-order valence-electron chi connectivity index (χ2n) is 10.5. The van der Waals surface area contributed by atoms with Crippen molar-refractivity contribution in [2.75, 3.05) is 23.7 Å². The Morgan fingerprint density at radius 3 is 2.21 bits per heavy atom. The van der Waals surface area contributed by atoms with Gasteiger partial charge in [0.15, 0.2) is 0 Å². The molecule has 3 rings (SSSR count). The molecule has 10 heteroatoms. The van der Waals surface area contributed by atoms with Crippen LogP contribution < -0.4 is 14.4 Å². The number of ether oxygens (including phenoxy) is 1. The first-order valence-electron chi connectivity index (χ1n) is 14.6. The van der Waals surface area contributed by atoms with Crippen molar-refractivity contribution in [3.63, 3.8) is 0 Å². The van der Waals surface area contributed by atoms with Crippen LogP contribution in [0.1, 0.15) is 51.2 Å². The monoisotopic (exact) mass is 611 g/mol. The van der Waals surface area contributed by atoms with E-state index in [1.807, 2.05) is 51.1 Å². The highest BCUT2D eigenvalue weighted by atomic mass is 32.2. The lowest BCUT2D eigenvalue weighted by molar-refractivity contribution is -0.141. The first kappa shape index (κ1) is 33.6. The van der Waals surface area contributed by atoms with Crippen LogP contribution in [0.5, 0.6) is 5.75 Å². The van der Waals surface area contributed by atoms with Crippen molar-refractivity contribution in [3.8, 4) is 5.75 Å². The number of anilines is 1. The lowest BCUT2D eigenvalue weighted by atomic mass is 10.0. The van der Waals surface area contributed by atoms with Gasteiger partial charge in [-0.1, -0.05) is 61.5 Å². The van der Waals surface area contributed by atoms with Gasteiger partial charge in [0.25, 0.3) is 0 Å². The zero-order valence-electron chi connectivity index (χ0n) is 25.3. The maximum atomic E-state index is 13.9. The number of nitrogens with one attached hydrogen (secondary N) is 1. The number of amides is 2. The second-order valence-corrected chi connectivity index (χ2v) is 12.4. The van der Waals surface area contributed by atoms with Gasteiger partial charge in [0.2, 0.25) is 21.8 Å². The van der Waals surface area contributed by atoms with Crippen LogP contribution in [0.25, 0.3) is 0 Å². The number of para-hydroxylation sites is 2. The zero-order chi connectivity index (χ0) is 31.4. The van der Waals surface area contributed by atoms with Gasteiger partial charge in [-0.15, -0.1) is 0 Å². The Labute approximate surface area is 254 Å². The molecule has 2 atom stereocenters. The van der Waals surface area contributed by atoms with Crippen molar-refractivity contribution in [1.82, 2.24) is 10.2 Å². The quantitative estimate of drug-likeness (QED) is 0.236. The predicted molar refractivity (Wildman–Crippen MR) is 168 cm³/mol. The molecule has 0 saturated heterocycles. The van der Waals surface area contributed by atoms with E-state index in [0.717, 1.165) is 18.2 Å². The number of benzene rings is 3. The SMILES string of the molecule is CCOc1ccccc1N(CCCC(=O)N(Cc1ccc(F)cc1)[C@@H](Cc1ccccc1)C(=O)N[C@@H](C)CC)S(C)(=O)=O. The highest BCUT2D eigenvalue weighted by molar-refractivity contribution is 7.92. The van der Waals surface area contributed by atoms with Crippen LogP contribution in [-0.4, -0.2) is 56.6 Å². The van der Waals surface area contributed by atoms with E-state index in [0.29, 0.717) is 23.6 Å². The molecule has 8 nitrogen and oxygen atoms in total. The fraction of sp³-hybridized carbons (Fsp3) is 0.394. The maximum Gasteiger partial charge on any atom is 0.243 e. The van der Waals surface area contributed by atoms with Gasteiger partial charge in [-0.05, 0) is 62.1 Å². The van der Waals surface area contributed by atoms with Crippen molar-refractivity contribution in [2.24, 2.45) is 0 Å². The minimum Gasteiger partial charge on any atom is -0.492 e. The number of halogens is 1. The second kappa shape index (κ2) is 16.1. The largest absolute Gasteiger partial charge is 0.492 e. The molecular weight excluding hydrogens is 569 g/mol. The molecule has 0 saturated carbocycles. The molecule has 0 radical (unpaired) electrons. The average Bonchev–Trinajstić information content (AvgIpc) is 2.98. The van der Waals surface area contributed by atoms with Gasteiger partial charge in [-0.25, -0.2) is 12.8 Å². The van der Waals surface area contributed by atoms with E-state index in [1.165, 1.54) is 21.3 Å². The molecule has 0 aromatic heterocycles. The maximum absolute atomic E-state index is 13.9. The van der Waals surface area contributed by atoms with Crippen LogP contribution in [-0.2, 0) is 32.6 Å². The highest BCUT2D eigenvalue weighted by Crippen LogP contribution is 2.30. The predicted octanol–water partition coefficient (Wildman–Crippen LogP) is 5.33. The highest BCUT2D eigenvalue weighted by Gasteiger charge is 2.31. The van der Waals surface area contributed by atoms with Gasteiger partial charge in [0, 0.05) is 32.0 Å². The smallest absolute Gasteiger partial charge is 0.243 e. The van der Waals surface area contributed by atoms with E-state index in [4.69, 9.17) is 4.74 Å². The van der Waals surface area contributed by atoms with Gasteiger partial charge in [0.05, 0.1) is 18.6 Å². The van der Waals surface area contributed by atoms with E-state index < -0.39 is 21.9 Å². The molecule has 43 heavy (non-hydrogen) atoms. The summed E-state index contributed by atoms with van der Waals surface area (Å²) in [5.74, 6) is -0.553. The van der Waals surface area contributed by atoms with E-state index >= 15 is 0 Å². The van der Waals surface area contributed by atoms with Gasteiger partial charge in [0.1, 0.15) is 17.6 Å². The van der Waals surface area contributed by atoms with Gasteiger partial charge < -0.3 is 15.0 Å². The molecule has 0 aliphatic heterocycles. The van der Waals surface area contributed by atoms with Gasteiger partial charge >= 0.3 is 0 Å². The van der Waals surface area contributed by atoms with Crippen molar-refractivity contribution in [1.29, 1.82) is 0 Å². The third-order valence-corrected chi connectivity index (χ3v) is 8.30. The molecule has 0 spiro atoms. The minimum atomic E-state index is -3.69. The number of sulfonamides is 1. The molecule has 0 unspecified atom stereocenters. The Morgan fingerprint density at radius 1 is 0.930 bits per heavy atom. The number of carbonyl (C=O) groups is 2. The van der Waals surface area contributed by atoms with Crippen molar-refractivity contribution >= 4 is 27.5 Å². The standard InChI is InChI=1S/C33H42FN3O5S/c1-5-25(3)35-33(39)30(23-26-13-8-7-9-14-26)36(24-27-18-20-28(34)21-19-27)32(38)17-12-22-37(43(4,40)41)29-15-10-11-16-31(29)42-6-2/h7-11,13-16,18-21,25,30H,5-6,12,17,22-24H2,1-4H3,(H,35,39)/t25-,30-/m0/s1. The zero-order valence-corrected chi connectivity index (χ0v) is 26.1. The third-order valence-electron chi connectivity index (χ3n) is 7.12. The van der Waals surface area contributed by atoms with E-state index in [-0.39, 0.29) is 50.2 Å². The molecule has 232 valence electrons. The molecule has 0 heterocycles. The first-order chi connectivity index (χ1) is 20.5. The number of nitrogens with zero attached hydrogens (tertiary/aromatic N) is 2. The fourth-order valence-corrected chi connectivity index (χ4v) is 5.67. The summed E-state index contributed by atoms with van der Waals surface area (Å²) in [4.78, 5) is 29.1. The Kier molecular flexibility index (Phi) is 12.5. The summed E-state index contributed by atoms with van der Waals surface area (Å²) in [6, 6.07) is 21.2. The lowest BCUT2D eigenvalue weighted by Gasteiger charge is -2.33. The van der Waals surface area contributed by atoms with Crippen LogP contribution in [0.15, 0.2) is 78.9 Å². The Balaban J connectivity index is 1.90. The van der Waals surface area contributed by atoms with Gasteiger partial charge in [-0.2, -0.15) is 0 Å². The Morgan fingerprint density at radius 2 is 1.58 bits per heavy atom. The molecule has 0 fully saturated rings. The summed E-state index contributed by atoms with van der Waals surface area (Å²) in [6.07, 6.45) is 2.32. The summed E-state index contributed by atoms with van der Waals surface area (Å²) in [5, 5.41) is 3.02. The molecule has 0 bridgehead atoms. The van der Waals surface area contributed by atoms with E-state index in [2.05, 4.69) is 5.32 Å². The lowest BCUT2D eigenvalue weighted by Crippen LogP contribution is -2.52. The molecule has 1 N–H and O–H groups in total. The fourth-order valence-electron chi connectivity index (χ4n) is 4.70. The molecule has 3 aromatic carbocycles. The molecular formula is C33H42FN3O5S. The molecule has 0 aliphatic carbocycles. The normalized spacial score (nSPS) is 12.7. The van der Waals surface area contributed by atoms with Gasteiger partial charge in [-0.3, -0.25) is 13.9 Å². The molecule has 0 aliphatic rings. The molecule has 2 amide bonds. The summed E-state index contributed by atoms with van der Waals surface area (Å²) in [7, 11) is -3.69. The van der Waals surface area contributed by atoms with Crippen molar-refractivity contribution in [2.45, 2.75) is 65.1 Å². The number of rotatable bonds is 16. The van der Waals surface area contributed by atoms with Crippen LogP contribution >= 0.6 is 0 Å². The number of carbonyl (C=O) groups excluding carboxylic acids is 2. The van der Waals surface area contributed by atoms with E-state index in [9.17, 15) is 22.4 Å². The number of hydrogen-bond acceptors (Lipinski definition) is 5. The molecule has 3 aromatic rings. The van der Waals surface area contributed by atoms with E-state index in [1.54, 1.807) is 36.4 Å². The first-order valence-corrected chi connectivity index (χ1v) is 16.5. The van der Waals surface area contributed by atoms with Crippen LogP contribution in [0.4, 0.5) is 10.1 Å². The van der Waals surface area contributed by atoms with Crippen LogP contribution in [0.3, 0.4) is 0 Å².